The number of thiazole rings is 1. The number of rotatable bonds is 10. The van der Waals surface area contributed by atoms with E-state index in [1.165, 1.54) is 35.2 Å². The van der Waals surface area contributed by atoms with E-state index < -0.39 is 10.0 Å². The van der Waals surface area contributed by atoms with Gasteiger partial charge in [0.15, 0.2) is 0 Å². The SMILES string of the molecule is COc1ccc(C(=N)c2c(N)ncnc2N[C@H](c2cc3scc(Cl)n3c(=O)c2-c2ccccc2)C2CC2)cc1NS(C)(=O)=O. The Labute approximate surface area is 262 Å². The van der Waals surface area contributed by atoms with Gasteiger partial charge in [0.2, 0.25) is 10.0 Å². The van der Waals surface area contributed by atoms with Gasteiger partial charge in [-0.1, -0.05) is 41.9 Å². The maximum Gasteiger partial charge on any atom is 0.265 e. The number of sulfonamides is 1. The average Bonchev–Trinajstić information content (AvgIpc) is 3.76. The van der Waals surface area contributed by atoms with Crippen molar-refractivity contribution < 1.29 is 13.2 Å². The molecule has 1 aliphatic carbocycles. The Morgan fingerprint density at radius 2 is 1.93 bits per heavy atom. The number of ether oxygens (including phenoxy) is 1. The van der Waals surface area contributed by atoms with E-state index >= 15 is 0 Å². The summed E-state index contributed by atoms with van der Waals surface area (Å²) in [6.45, 7) is 0. The van der Waals surface area contributed by atoms with Crippen LogP contribution in [0.5, 0.6) is 5.75 Å². The van der Waals surface area contributed by atoms with Crippen LogP contribution in [0.25, 0.3) is 16.0 Å². The zero-order chi connectivity index (χ0) is 31.2. The number of benzene rings is 2. The summed E-state index contributed by atoms with van der Waals surface area (Å²) in [5.41, 5.74) is 8.96. The van der Waals surface area contributed by atoms with Crippen LogP contribution in [0.15, 0.2) is 71.1 Å². The number of hydrogen-bond acceptors (Lipinski definition) is 10. The van der Waals surface area contributed by atoms with E-state index in [-0.39, 0.29) is 40.3 Å². The topological polar surface area (TPSA) is 165 Å². The molecule has 1 saturated carbocycles. The molecule has 2 aromatic carbocycles. The lowest BCUT2D eigenvalue weighted by molar-refractivity contribution is 0.417. The van der Waals surface area contributed by atoms with Crippen LogP contribution in [-0.4, -0.2) is 41.9 Å². The summed E-state index contributed by atoms with van der Waals surface area (Å²) in [6, 6.07) is 15.8. The molecule has 0 bridgehead atoms. The van der Waals surface area contributed by atoms with Gasteiger partial charge in [-0.25, -0.2) is 18.4 Å². The summed E-state index contributed by atoms with van der Waals surface area (Å²) in [7, 11) is -2.20. The first-order valence-electron chi connectivity index (χ1n) is 13.6. The number of nitrogen functional groups attached to an aromatic ring is 1. The molecule has 0 spiro atoms. The number of aromatic nitrogens is 3. The van der Waals surface area contributed by atoms with Gasteiger partial charge in [0.25, 0.3) is 5.56 Å². The first-order valence-corrected chi connectivity index (χ1v) is 16.7. The van der Waals surface area contributed by atoms with Gasteiger partial charge in [-0.15, -0.1) is 11.3 Å². The molecule has 6 rings (SSSR count). The lowest BCUT2D eigenvalue weighted by Crippen LogP contribution is -2.24. The molecule has 226 valence electrons. The molecule has 5 N–H and O–H groups in total. The van der Waals surface area contributed by atoms with E-state index in [2.05, 4.69) is 20.0 Å². The molecule has 44 heavy (non-hydrogen) atoms. The maximum atomic E-state index is 13.9. The summed E-state index contributed by atoms with van der Waals surface area (Å²) in [4.78, 5) is 23.3. The molecule has 3 heterocycles. The van der Waals surface area contributed by atoms with Crippen LogP contribution in [0.1, 0.15) is 35.6 Å². The van der Waals surface area contributed by atoms with Crippen molar-refractivity contribution in [2.24, 2.45) is 5.92 Å². The fourth-order valence-corrected chi connectivity index (χ4v) is 6.98. The van der Waals surface area contributed by atoms with Gasteiger partial charge in [-0.05, 0) is 54.2 Å². The Morgan fingerprint density at radius 3 is 2.61 bits per heavy atom. The fraction of sp³-hybridized carbons (Fsp3) is 0.200. The molecule has 0 aliphatic heterocycles. The van der Waals surface area contributed by atoms with E-state index in [0.717, 1.165) is 30.2 Å². The maximum absolute atomic E-state index is 13.9. The van der Waals surface area contributed by atoms with E-state index in [9.17, 15) is 13.2 Å². The van der Waals surface area contributed by atoms with Crippen LogP contribution in [-0.2, 0) is 10.0 Å². The van der Waals surface area contributed by atoms with Crippen LogP contribution in [0.4, 0.5) is 17.3 Å². The van der Waals surface area contributed by atoms with Crippen molar-refractivity contribution in [2.75, 3.05) is 29.1 Å². The highest BCUT2D eigenvalue weighted by molar-refractivity contribution is 7.92. The molecule has 1 fully saturated rings. The number of methoxy groups -OCH3 is 1. The van der Waals surface area contributed by atoms with Gasteiger partial charge in [-0.2, -0.15) is 0 Å². The van der Waals surface area contributed by atoms with Gasteiger partial charge in [-0.3, -0.25) is 19.3 Å². The van der Waals surface area contributed by atoms with Crippen LogP contribution in [0.3, 0.4) is 0 Å². The second-order valence-corrected chi connectivity index (χ2v) is 13.5. The standard InChI is InChI=1S/C30H28ClN7O4S2/c1-42-21-11-10-18(12-20(21)37-44(2,40)41)26(32)25-28(33)34-15-35-29(25)36-27(17-8-9-17)19-13-23-38(22(31)14-43-23)30(39)24(19)16-6-4-3-5-7-16/h3-7,10-15,17,27,32,37H,8-9H2,1-2H3,(H3,33,34,35,36)/t27-/m0/s1. The summed E-state index contributed by atoms with van der Waals surface area (Å²) < 4.78 is 33.2. The second kappa shape index (κ2) is 11.6. The van der Waals surface area contributed by atoms with Crippen molar-refractivity contribution in [1.29, 1.82) is 5.41 Å². The third-order valence-corrected chi connectivity index (χ3v) is 9.27. The molecule has 14 heteroatoms. The monoisotopic (exact) mass is 649 g/mol. The van der Waals surface area contributed by atoms with Gasteiger partial charge >= 0.3 is 0 Å². The van der Waals surface area contributed by atoms with E-state index in [1.54, 1.807) is 17.5 Å². The van der Waals surface area contributed by atoms with E-state index in [4.69, 9.17) is 27.5 Å². The predicted molar refractivity (Wildman–Crippen MR) is 175 cm³/mol. The van der Waals surface area contributed by atoms with Crippen molar-refractivity contribution in [1.82, 2.24) is 14.4 Å². The third kappa shape index (κ3) is 5.73. The van der Waals surface area contributed by atoms with E-state index in [1.807, 2.05) is 36.4 Å². The van der Waals surface area contributed by atoms with Gasteiger partial charge in [0.1, 0.15) is 33.7 Å². The lowest BCUT2D eigenvalue weighted by Gasteiger charge is -2.24. The Bertz CT molecular complexity index is 2080. The zero-order valence-electron chi connectivity index (χ0n) is 23.7. The predicted octanol–water partition coefficient (Wildman–Crippen LogP) is 5.41. The first-order chi connectivity index (χ1) is 21.1. The second-order valence-electron chi connectivity index (χ2n) is 10.5. The normalized spacial score (nSPS) is 13.9. The quantitative estimate of drug-likeness (QED) is 0.146. The fourth-order valence-electron chi connectivity index (χ4n) is 5.26. The number of nitrogens with zero attached hydrogens (tertiary/aromatic N) is 3. The zero-order valence-corrected chi connectivity index (χ0v) is 26.1. The van der Waals surface area contributed by atoms with Crippen molar-refractivity contribution in [3.05, 3.63) is 98.5 Å². The van der Waals surface area contributed by atoms with Crippen LogP contribution >= 0.6 is 22.9 Å². The average molecular weight is 650 g/mol. The number of fused-ring (bicyclic) bond motifs is 1. The third-order valence-electron chi connectivity index (χ3n) is 7.39. The molecule has 1 aliphatic rings. The smallest absolute Gasteiger partial charge is 0.265 e. The van der Waals surface area contributed by atoms with Gasteiger partial charge in [0, 0.05) is 10.9 Å². The minimum atomic E-state index is -3.62. The largest absolute Gasteiger partial charge is 0.495 e. The van der Waals surface area contributed by atoms with Crippen molar-refractivity contribution >= 4 is 60.8 Å². The highest BCUT2D eigenvalue weighted by Crippen LogP contribution is 2.46. The van der Waals surface area contributed by atoms with Crippen molar-refractivity contribution in [3.8, 4) is 16.9 Å². The number of nitrogens with one attached hydrogen (secondary N) is 3. The Kier molecular flexibility index (Phi) is 7.78. The molecule has 0 saturated heterocycles. The Hall–Kier alpha value is -4.46. The van der Waals surface area contributed by atoms with Crippen LogP contribution in [0.2, 0.25) is 5.15 Å². The summed E-state index contributed by atoms with van der Waals surface area (Å²) in [5, 5.41) is 14.7. The number of pyridine rings is 1. The number of nitrogens with two attached hydrogens (primary N) is 1. The highest BCUT2D eigenvalue weighted by Gasteiger charge is 2.36. The number of hydrogen-bond donors (Lipinski definition) is 4. The number of anilines is 3. The Morgan fingerprint density at radius 1 is 1.18 bits per heavy atom. The number of halogens is 1. The molecule has 3 aromatic heterocycles. The Balaban J connectivity index is 1.47. The lowest BCUT2D eigenvalue weighted by atomic mass is 9.93. The molecule has 5 aromatic rings. The molecular weight excluding hydrogens is 622 g/mol. The van der Waals surface area contributed by atoms with E-state index in [0.29, 0.717) is 32.7 Å². The molecule has 0 unspecified atom stereocenters. The van der Waals surface area contributed by atoms with Gasteiger partial charge in [0.05, 0.1) is 41.9 Å². The first kappa shape index (κ1) is 29.6. The summed E-state index contributed by atoms with van der Waals surface area (Å²) >= 11 is 7.81. The summed E-state index contributed by atoms with van der Waals surface area (Å²) in [5.74, 6) is 0.871. The van der Waals surface area contributed by atoms with Gasteiger partial charge < -0.3 is 15.8 Å². The van der Waals surface area contributed by atoms with Crippen LogP contribution in [0, 0.1) is 11.3 Å². The molecule has 1 atom stereocenters. The molecular formula is C30H28ClN7O4S2. The minimum Gasteiger partial charge on any atom is -0.495 e. The minimum absolute atomic E-state index is 0.0248. The molecule has 0 radical (unpaired) electrons. The molecule has 0 amide bonds. The van der Waals surface area contributed by atoms with Crippen molar-refractivity contribution in [2.45, 2.75) is 18.9 Å². The highest BCUT2D eigenvalue weighted by atomic mass is 35.5. The molecule has 11 nitrogen and oxygen atoms in total. The summed E-state index contributed by atoms with van der Waals surface area (Å²) in [6.07, 6.45) is 4.22. The van der Waals surface area contributed by atoms with Crippen molar-refractivity contribution in [3.63, 3.8) is 0 Å². The van der Waals surface area contributed by atoms with Crippen LogP contribution < -0.4 is 26.1 Å².